The van der Waals surface area contributed by atoms with E-state index < -0.39 is 16.1 Å². The van der Waals surface area contributed by atoms with Gasteiger partial charge in [-0.25, -0.2) is 8.42 Å². The highest BCUT2D eigenvalue weighted by Crippen LogP contribution is 2.28. The second kappa shape index (κ2) is 14.4. The summed E-state index contributed by atoms with van der Waals surface area (Å²) in [5, 5.41) is 4.00. The smallest absolute Gasteiger partial charge is 0.243 e. The number of sulfonamides is 1. The van der Waals surface area contributed by atoms with Crippen LogP contribution in [0.2, 0.25) is 10.0 Å². The number of carbonyl (C=O) groups is 2. The van der Waals surface area contributed by atoms with Gasteiger partial charge in [-0.15, -0.1) is 0 Å². The Morgan fingerprint density at radius 3 is 2.26 bits per heavy atom. The molecule has 0 aliphatic heterocycles. The van der Waals surface area contributed by atoms with Crippen LogP contribution < -0.4 is 9.62 Å². The number of nitrogens with zero attached hydrogens (tertiary/aromatic N) is 2. The van der Waals surface area contributed by atoms with Crippen molar-refractivity contribution in [1.29, 1.82) is 0 Å². The van der Waals surface area contributed by atoms with Crippen LogP contribution in [-0.2, 0) is 26.2 Å². The minimum Gasteiger partial charge on any atom is -0.352 e. The van der Waals surface area contributed by atoms with E-state index in [0.29, 0.717) is 27.7 Å². The standard InChI is InChI=1S/C29H39Cl2N3O4S/c1-4-26(29(36)32-22-13-6-5-7-14-22)33(20-23-24(30)15-10-16-25(23)31)28(35)18-11-19-34(39(3,37)38)27-17-9-8-12-21(27)2/h8-10,12,15-17,22,26H,4-7,11,13-14,18-20H2,1-3H3,(H,32,36)/t26-/m1/s1. The number of rotatable bonds is 12. The van der Waals surface area contributed by atoms with E-state index in [0.717, 1.165) is 37.5 Å². The third-order valence-electron chi connectivity index (χ3n) is 7.26. The Morgan fingerprint density at radius 1 is 1.03 bits per heavy atom. The van der Waals surface area contributed by atoms with Gasteiger partial charge in [-0.05, 0) is 56.4 Å². The third-order valence-corrected chi connectivity index (χ3v) is 9.15. The van der Waals surface area contributed by atoms with Gasteiger partial charge >= 0.3 is 0 Å². The highest BCUT2D eigenvalue weighted by Gasteiger charge is 2.31. The maximum Gasteiger partial charge on any atom is 0.243 e. The molecule has 0 spiro atoms. The van der Waals surface area contributed by atoms with E-state index in [1.54, 1.807) is 35.2 Å². The fourth-order valence-electron chi connectivity index (χ4n) is 5.14. The van der Waals surface area contributed by atoms with E-state index in [1.165, 1.54) is 10.7 Å². The van der Waals surface area contributed by atoms with Crippen molar-refractivity contribution in [1.82, 2.24) is 10.2 Å². The van der Waals surface area contributed by atoms with E-state index in [4.69, 9.17) is 23.2 Å². The normalized spacial score (nSPS) is 15.0. The van der Waals surface area contributed by atoms with Gasteiger partial charge in [0.05, 0.1) is 11.9 Å². The molecule has 1 N–H and O–H groups in total. The molecule has 2 amide bonds. The van der Waals surface area contributed by atoms with Crippen molar-refractivity contribution in [2.75, 3.05) is 17.1 Å². The molecule has 1 saturated carbocycles. The predicted molar refractivity (Wildman–Crippen MR) is 159 cm³/mol. The Labute approximate surface area is 242 Å². The Balaban J connectivity index is 1.81. The quantitative estimate of drug-likeness (QED) is 0.321. The summed E-state index contributed by atoms with van der Waals surface area (Å²) < 4.78 is 26.5. The van der Waals surface area contributed by atoms with Gasteiger partial charge in [0.2, 0.25) is 21.8 Å². The average Bonchev–Trinajstić information content (AvgIpc) is 2.88. The molecule has 2 aromatic carbocycles. The molecule has 0 bridgehead atoms. The summed E-state index contributed by atoms with van der Waals surface area (Å²) in [6, 6.07) is 11.8. The molecule has 2 aromatic rings. The number of hydrogen-bond acceptors (Lipinski definition) is 4. The minimum absolute atomic E-state index is 0.0627. The Kier molecular flexibility index (Phi) is 11.5. The molecule has 1 aliphatic carbocycles. The van der Waals surface area contributed by atoms with Crippen molar-refractivity contribution in [3.05, 3.63) is 63.6 Å². The predicted octanol–water partition coefficient (Wildman–Crippen LogP) is 6.10. The highest BCUT2D eigenvalue weighted by molar-refractivity contribution is 7.92. The molecule has 1 atom stereocenters. The fourth-order valence-corrected chi connectivity index (χ4v) is 6.68. The van der Waals surface area contributed by atoms with Crippen LogP contribution in [0.25, 0.3) is 0 Å². The topological polar surface area (TPSA) is 86.8 Å². The van der Waals surface area contributed by atoms with Crippen LogP contribution in [0.1, 0.15) is 69.4 Å². The second-order valence-electron chi connectivity index (χ2n) is 10.2. The zero-order valence-electron chi connectivity index (χ0n) is 23.0. The van der Waals surface area contributed by atoms with Gasteiger partial charge in [-0.3, -0.25) is 13.9 Å². The van der Waals surface area contributed by atoms with Crippen molar-refractivity contribution < 1.29 is 18.0 Å². The van der Waals surface area contributed by atoms with Gasteiger partial charge in [0.1, 0.15) is 6.04 Å². The summed E-state index contributed by atoms with van der Waals surface area (Å²) in [6.45, 7) is 3.95. The van der Waals surface area contributed by atoms with Crippen LogP contribution in [0.3, 0.4) is 0 Å². The first kappa shape index (κ1) is 31.2. The number of carbonyl (C=O) groups excluding carboxylic acids is 2. The molecule has 0 radical (unpaired) electrons. The number of aryl methyl sites for hydroxylation is 1. The van der Waals surface area contributed by atoms with Crippen molar-refractivity contribution >= 4 is 50.7 Å². The molecule has 0 saturated heterocycles. The van der Waals surface area contributed by atoms with E-state index in [-0.39, 0.29) is 43.8 Å². The molecule has 3 rings (SSSR count). The number of anilines is 1. The Morgan fingerprint density at radius 2 is 1.67 bits per heavy atom. The summed E-state index contributed by atoms with van der Waals surface area (Å²) >= 11 is 12.9. The number of para-hydroxylation sites is 1. The number of amides is 2. The fraction of sp³-hybridized carbons (Fsp3) is 0.517. The molecule has 10 heteroatoms. The van der Waals surface area contributed by atoms with E-state index >= 15 is 0 Å². The lowest BCUT2D eigenvalue weighted by Gasteiger charge is -2.33. The number of benzene rings is 2. The molecular weight excluding hydrogens is 557 g/mol. The molecule has 214 valence electrons. The highest BCUT2D eigenvalue weighted by atomic mass is 35.5. The molecule has 1 aliphatic rings. The third kappa shape index (κ3) is 8.60. The average molecular weight is 597 g/mol. The minimum atomic E-state index is -3.56. The van der Waals surface area contributed by atoms with Crippen molar-refractivity contribution in [3.8, 4) is 0 Å². The summed E-state index contributed by atoms with van der Waals surface area (Å²) in [6.07, 6.45) is 7.14. The lowest BCUT2D eigenvalue weighted by molar-refractivity contribution is -0.141. The van der Waals surface area contributed by atoms with Gasteiger partial charge in [-0.2, -0.15) is 0 Å². The molecular formula is C29H39Cl2N3O4S. The zero-order valence-corrected chi connectivity index (χ0v) is 25.3. The number of halogens is 2. The molecule has 0 unspecified atom stereocenters. The van der Waals surface area contributed by atoms with Crippen molar-refractivity contribution in [2.45, 2.75) is 83.8 Å². The van der Waals surface area contributed by atoms with Crippen LogP contribution in [0.15, 0.2) is 42.5 Å². The lowest BCUT2D eigenvalue weighted by atomic mass is 9.95. The first-order chi connectivity index (χ1) is 18.5. The van der Waals surface area contributed by atoms with Crippen LogP contribution >= 0.6 is 23.2 Å². The van der Waals surface area contributed by atoms with Gasteiger partial charge in [0.25, 0.3) is 0 Å². The van der Waals surface area contributed by atoms with Gasteiger partial charge in [-0.1, -0.05) is 73.7 Å². The molecule has 39 heavy (non-hydrogen) atoms. The summed E-state index contributed by atoms with van der Waals surface area (Å²) in [7, 11) is -3.56. The first-order valence-corrected chi connectivity index (χ1v) is 16.2. The maximum atomic E-state index is 13.7. The van der Waals surface area contributed by atoms with Gasteiger partial charge in [0, 0.05) is 41.2 Å². The monoisotopic (exact) mass is 595 g/mol. The maximum absolute atomic E-state index is 13.7. The number of hydrogen-bond donors (Lipinski definition) is 1. The molecule has 1 fully saturated rings. The lowest BCUT2D eigenvalue weighted by Crippen LogP contribution is -2.51. The van der Waals surface area contributed by atoms with Gasteiger partial charge < -0.3 is 10.2 Å². The van der Waals surface area contributed by atoms with E-state index in [2.05, 4.69) is 5.32 Å². The van der Waals surface area contributed by atoms with Crippen LogP contribution in [0.4, 0.5) is 5.69 Å². The van der Waals surface area contributed by atoms with Crippen LogP contribution in [0.5, 0.6) is 0 Å². The van der Waals surface area contributed by atoms with Gasteiger partial charge in [0.15, 0.2) is 0 Å². The summed E-state index contributed by atoms with van der Waals surface area (Å²) in [4.78, 5) is 28.7. The Bertz CT molecular complexity index is 1230. The summed E-state index contributed by atoms with van der Waals surface area (Å²) in [5.74, 6) is -0.437. The summed E-state index contributed by atoms with van der Waals surface area (Å²) in [5.41, 5.74) is 2.00. The second-order valence-corrected chi connectivity index (χ2v) is 12.9. The molecule has 7 nitrogen and oxygen atoms in total. The van der Waals surface area contributed by atoms with Crippen LogP contribution in [0, 0.1) is 6.92 Å². The zero-order chi connectivity index (χ0) is 28.6. The number of nitrogens with one attached hydrogen (secondary N) is 1. The van der Waals surface area contributed by atoms with Crippen molar-refractivity contribution in [2.24, 2.45) is 0 Å². The van der Waals surface area contributed by atoms with E-state index in [9.17, 15) is 18.0 Å². The van der Waals surface area contributed by atoms with Crippen molar-refractivity contribution in [3.63, 3.8) is 0 Å². The Hall–Kier alpha value is -2.29. The largest absolute Gasteiger partial charge is 0.352 e. The SMILES string of the molecule is CC[C@H](C(=O)NC1CCCCC1)N(Cc1c(Cl)cccc1Cl)C(=O)CCCN(c1ccccc1C)S(C)(=O)=O. The molecule has 0 aromatic heterocycles. The van der Waals surface area contributed by atoms with Crippen LogP contribution in [-0.4, -0.2) is 50.0 Å². The first-order valence-electron chi connectivity index (χ1n) is 13.6. The molecule has 0 heterocycles. The van der Waals surface area contributed by atoms with E-state index in [1.807, 2.05) is 26.0 Å².